The molecule has 0 aromatic heterocycles. The smallest absolute Gasteiger partial charge is 0.186 e. The van der Waals surface area contributed by atoms with Crippen LogP contribution in [0.4, 0.5) is 0 Å². The summed E-state index contributed by atoms with van der Waals surface area (Å²) in [5.41, 5.74) is -1.63. The molecule has 4 saturated carbocycles. The highest BCUT2D eigenvalue weighted by molar-refractivity contribution is 5.20. The zero-order valence-electron chi connectivity index (χ0n) is 26.6. The molecule has 6 N–H and O–H groups in total. The lowest BCUT2D eigenvalue weighted by atomic mass is 9.42. The number of hydrogen-bond donors (Lipinski definition) is 6. The van der Waals surface area contributed by atoms with Gasteiger partial charge in [-0.3, -0.25) is 0 Å². The predicted octanol–water partition coefficient (Wildman–Crippen LogP) is 2.61. The quantitative estimate of drug-likeness (QED) is 0.236. The van der Waals surface area contributed by atoms with Crippen molar-refractivity contribution >= 4 is 0 Å². The summed E-state index contributed by atoms with van der Waals surface area (Å²) in [5.74, 6) is 0.358. The molecule has 1 saturated heterocycles. The predicted molar refractivity (Wildman–Crippen MR) is 156 cm³/mol. The monoisotopic (exact) mass is 598 g/mol. The van der Waals surface area contributed by atoms with E-state index in [9.17, 15) is 30.6 Å². The van der Waals surface area contributed by atoms with Crippen molar-refractivity contribution in [3.8, 4) is 0 Å². The van der Waals surface area contributed by atoms with Crippen LogP contribution in [0.15, 0.2) is 0 Å². The first-order valence-electron chi connectivity index (χ1n) is 16.6. The van der Waals surface area contributed by atoms with Gasteiger partial charge < -0.3 is 44.8 Å². The Kier molecular flexibility index (Phi) is 9.51. The molecule has 16 atom stereocenters. The molecule has 0 spiro atoms. The van der Waals surface area contributed by atoms with Crippen LogP contribution in [-0.4, -0.2) is 99.0 Å². The van der Waals surface area contributed by atoms with Gasteiger partial charge in [-0.25, -0.2) is 0 Å². The fraction of sp³-hybridized carbons (Fsp3) is 1.00. The number of methoxy groups -OCH3 is 1. The second-order valence-electron chi connectivity index (χ2n) is 15.7. The topological polar surface area (TPSA) is 149 Å². The van der Waals surface area contributed by atoms with Crippen LogP contribution < -0.4 is 0 Å². The van der Waals surface area contributed by atoms with Gasteiger partial charge >= 0.3 is 0 Å². The molecule has 0 amide bonds. The molecule has 1 heterocycles. The van der Waals surface area contributed by atoms with Gasteiger partial charge in [0.25, 0.3) is 0 Å². The van der Waals surface area contributed by atoms with Crippen LogP contribution in [0.3, 0.4) is 0 Å². The number of fused-ring (bicyclic) bond motifs is 5. The SMILES string of the molecule is CO[C@@H]1[C@@H](O)[C@H](OC(CC[C@@H](C)[C@H]2C[C@H](O)[C@@H]3[C@]2(C)CC[C@@H]2[C@@]4(C)CC[C@H](O)C[C@@H]4[C@@H](O)C[C@]23O)C(C)C)O[C@H]1CO. The summed E-state index contributed by atoms with van der Waals surface area (Å²) >= 11 is 0. The number of rotatable bonds is 9. The van der Waals surface area contributed by atoms with E-state index in [1.807, 2.05) is 0 Å². The number of aliphatic hydroxyl groups is 6. The maximum atomic E-state index is 12.5. The van der Waals surface area contributed by atoms with Crippen LogP contribution in [0, 0.1) is 46.3 Å². The Bertz CT molecular complexity index is 933. The molecule has 1 aliphatic heterocycles. The summed E-state index contributed by atoms with van der Waals surface area (Å²) in [6.07, 6.45) is 1.44. The van der Waals surface area contributed by atoms with E-state index in [1.165, 1.54) is 7.11 Å². The fourth-order valence-corrected chi connectivity index (χ4v) is 11.0. The number of ether oxygens (including phenoxy) is 3. The van der Waals surface area contributed by atoms with Gasteiger partial charge in [-0.2, -0.15) is 0 Å². The van der Waals surface area contributed by atoms with Crippen molar-refractivity contribution < 1.29 is 44.8 Å². The van der Waals surface area contributed by atoms with Gasteiger partial charge in [-0.15, -0.1) is 0 Å². The molecular formula is C33H58O9. The second kappa shape index (κ2) is 12.1. The summed E-state index contributed by atoms with van der Waals surface area (Å²) in [6.45, 7) is 10.6. The van der Waals surface area contributed by atoms with Crippen LogP contribution >= 0.6 is 0 Å². The van der Waals surface area contributed by atoms with Gasteiger partial charge in [0.05, 0.1) is 36.6 Å². The van der Waals surface area contributed by atoms with Crippen molar-refractivity contribution in [3.05, 3.63) is 0 Å². The average Bonchev–Trinajstić information content (AvgIpc) is 3.39. The van der Waals surface area contributed by atoms with E-state index in [2.05, 4.69) is 34.6 Å². The largest absolute Gasteiger partial charge is 0.394 e. The molecular weight excluding hydrogens is 540 g/mol. The third kappa shape index (κ3) is 5.30. The normalized spacial score (nSPS) is 52.1. The molecule has 5 rings (SSSR count). The van der Waals surface area contributed by atoms with E-state index in [-0.39, 0.29) is 71.6 Å². The molecule has 244 valence electrons. The van der Waals surface area contributed by atoms with E-state index in [1.54, 1.807) is 0 Å². The Morgan fingerprint density at radius 3 is 2.24 bits per heavy atom. The number of aliphatic hydroxyl groups excluding tert-OH is 5. The average molecular weight is 599 g/mol. The molecule has 0 radical (unpaired) electrons. The molecule has 9 nitrogen and oxygen atoms in total. The summed E-state index contributed by atoms with van der Waals surface area (Å²) in [5, 5.41) is 66.2. The molecule has 5 fully saturated rings. The molecule has 1 unspecified atom stereocenters. The maximum Gasteiger partial charge on any atom is 0.186 e. The fourth-order valence-electron chi connectivity index (χ4n) is 11.0. The first-order chi connectivity index (χ1) is 19.7. The van der Waals surface area contributed by atoms with Crippen LogP contribution in [0.2, 0.25) is 0 Å². The summed E-state index contributed by atoms with van der Waals surface area (Å²) in [7, 11) is 1.49. The minimum absolute atomic E-state index is 0.00270. The Morgan fingerprint density at radius 1 is 0.929 bits per heavy atom. The Labute approximate surface area is 251 Å². The summed E-state index contributed by atoms with van der Waals surface area (Å²) < 4.78 is 17.4. The highest BCUT2D eigenvalue weighted by atomic mass is 16.7. The van der Waals surface area contributed by atoms with E-state index >= 15 is 0 Å². The van der Waals surface area contributed by atoms with Gasteiger partial charge in [0.1, 0.15) is 18.3 Å². The molecule has 42 heavy (non-hydrogen) atoms. The lowest BCUT2D eigenvalue weighted by Gasteiger charge is -2.66. The molecule has 4 aliphatic carbocycles. The van der Waals surface area contributed by atoms with E-state index in [4.69, 9.17) is 14.2 Å². The third-order valence-corrected chi connectivity index (χ3v) is 13.1. The highest BCUT2D eigenvalue weighted by Crippen LogP contribution is 2.69. The molecule has 0 aromatic carbocycles. The van der Waals surface area contributed by atoms with Gasteiger partial charge in [0, 0.05) is 19.4 Å². The van der Waals surface area contributed by atoms with E-state index < -0.39 is 42.4 Å². The van der Waals surface area contributed by atoms with E-state index in [0.29, 0.717) is 19.3 Å². The van der Waals surface area contributed by atoms with Crippen molar-refractivity contribution in [3.63, 3.8) is 0 Å². The lowest BCUT2D eigenvalue weighted by molar-refractivity contribution is -0.263. The van der Waals surface area contributed by atoms with Crippen molar-refractivity contribution in [2.75, 3.05) is 13.7 Å². The van der Waals surface area contributed by atoms with Gasteiger partial charge in [-0.05, 0) is 91.8 Å². The van der Waals surface area contributed by atoms with E-state index in [0.717, 1.165) is 32.1 Å². The van der Waals surface area contributed by atoms with Gasteiger partial charge in [0.2, 0.25) is 0 Å². The lowest BCUT2D eigenvalue weighted by Crippen LogP contribution is -2.68. The van der Waals surface area contributed by atoms with Gasteiger partial charge in [-0.1, -0.05) is 34.6 Å². The minimum atomic E-state index is -1.13. The van der Waals surface area contributed by atoms with Gasteiger partial charge in [0.15, 0.2) is 6.29 Å². The van der Waals surface area contributed by atoms with Crippen molar-refractivity contribution in [1.29, 1.82) is 0 Å². The van der Waals surface area contributed by atoms with Crippen molar-refractivity contribution in [1.82, 2.24) is 0 Å². The van der Waals surface area contributed by atoms with Crippen LogP contribution in [-0.2, 0) is 14.2 Å². The van der Waals surface area contributed by atoms with Crippen LogP contribution in [0.1, 0.15) is 92.4 Å². The van der Waals surface area contributed by atoms with Crippen molar-refractivity contribution in [2.24, 2.45) is 46.3 Å². The summed E-state index contributed by atoms with van der Waals surface area (Å²) in [6, 6.07) is 0. The van der Waals surface area contributed by atoms with Crippen LogP contribution in [0.5, 0.6) is 0 Å². The third-order valence-electron chi connectivity index (χ3n) is 13.1. The Hall–Kier alpha value is -0.360. The zero-order valence-corrected chi connectivity index (χ0v) is 26.6. The Morgan fingerprint density at radius 2 is 1.62 bits per heavy atom. The molecule has 5 aliphatic rings. The Balaban J connectivity index is 1.28. The van der Waals surface area contributed by atoms with Crippen molar-refractivity contribution in [2.45, 2.75) is 147 Å². The standard InChI is InChI=1S/C33H58O9/c1-17(2)24(41-30-27(38)28(40-6)25(16-34)42-30)8-7-18(3)20-14-22(36)29-32(20,5)12-10-26-31(4)11-9-19(35)13-21(31)23(37)15-33(26,29)39/h17-30,34-39H,7-16H2,1-6H3/t18-,19+,20-,21-,22+,23+,24?,25+,26-,27-,28+,29-,30-,31+,32-,33+/m1/s1. The molecule has 9 heteroatoms. The number of hydrogen-bond acceptors (Lipinski definition) is 9. The van der Waals surface area contributed by atoms with Crippen LogP contribution in [0.25, 0.3) is 0 Å². The first kappa shape index (κ1) is 33.0. The maximum absolute atomic E-state index is 12.5. The first-order valence-corrected chi connectivity index (χ1v) is 16.6. The zero-order chi connectivity index (χ0) is 30.8. The summed E-state index contributed by atoms with van der Waals surface area (Å²) in [4.78, 5) is 0. The second-order valence-corrected chi connectivity index (χ2v) is 15.7. The highest BCUT2D eigenvalue weighted by Gasteiger charge is 2.70. The minimum Gasteiger partial charge on any atom is -0.394 e. The molecule has 0 bridgehead atoms. The molecule has 0 aromatic rings.